The van der Waals surface area contributed by atoms with E-state index >= 15 is 0 Å². The lowest BCUT2D eigenvalue weighted by atomic mass is 10.2. The number of nitrogens with zero attached hydrogens (tertiary/aromatic N) is 2. The number of nitrogens with one attached hydrogen (secondary N) is 1. The Morgan fingerprint density at radius 3 is 2.81 bits per heavy atom. The standard InChI is InChI=1S/C21H20F3N3O3S/c1-29-16-9-8-13(11-17(16)30-12-21(22,23)24)25-20(28)27-10-4-6-15(27)19-26-14-5-2-3-7-18(14)31-19/h2-3,5,7-9,11,15H,4,6,10,12H2,1H3,(H,25,28). The van der Waals surface area contributed by atoms with Crippen molar-refractivity contribution in [3.8, 4) is 11.5 Å². The van der Waals surface area contributed by atoms with Gasteiger partial charge >= 0.3 is 12.2 Å². The summed E-state index contributed by atoms with van der Waals surface area (Å²) in [7, 11) is 1.33. The van der Waals surface area contributed by atoms with Crippen LogP contribution in [0.1, 0.15) is 23.9 Å². The van der Waals surface area contributed by atoms with Crippen molar-refractivity contribution < 1.29 is 27.4 Å². The molecule has 10 heteroatoms. The number of halogens is 3. The Hall–Kier alpha value is -3.01. The first-order valence-electron chi connectivity index (χ1n) is 9.65. The summed E-state index contributed by atoms with van der Waals surface area (Å²) in [5.74, 6) is 0.0533. The predicted molar refractivity (Wildman–Crippen MR) is 112 cm³/mol. The van der Waals surface area contributed by atoms with Crippen LogP contribution in [0.25, 0.3) is 10.2 Å². The first-order chi connectivity index (χ1) is 14.8. The third-order valence-electron chi connectivity index (χ3n) is 4.92. The minimum absolute atomic E-state index is 0.0956. The average Bonchev–Trinajstić information content (AvgIpc) is 3.38. The molecule has 1 saturated heterocycles. The van der Waals surface area contributed by atoms with E-state index < -0.39 is 12.8 Å². The molecule has 31 heavy (non-hydrogen) atoms. The van der Waals surface area contributed by atoms with Gasteiger partial charge in [-0.3, -0.25) is 0 Å². The SMILES string of the molecule is COc1ccc(NC(=O)N2CCCC2c2nc3ccccc3s2)cc1OCC(F)(F)F. The lowest BCUT2D eigenvalue weighted by molar-refractivity contribution is -0.153. The highest BCUT2D eigenvalue weighted by atomic mass is 32.1. The molecule has 2 aromatic carbocycles. The summed E-state index contributed by atoms with van der Waals surface area (Å²) in [5, 5.41) is 3.63. The number of carbonyl (C=O) groups excluding carboxylic acids is 1. The maximum Gasteiger partial charge on any atom is 0.422 e. The average molecular weight is 451 g/mol. The minimum atomic E-state index is -4.48. The van der Waals surface area contributed by atoms with Gasteiger partial charge < -0.3 is 19.7 Å². The molecule has 2 heterocycles. The molecule has 1 N–H and O–H groups in total. The Morgan fingerprint density at radius 2 is 2.06 bits per heavy atom. The third kappa shape index (κ3) is 4.84. The fourth-order valence-corrected chi connectivity index (χ4v) is 4.64. The molecule has 0 radical (unpaired) electrons. The molecule has 6 nitrogen and oxygen atoms in total. The molecule has 0 spiro atoms. The van der Waals surface area contributed by atoms with Gasteiger partial charge in [-0.25, -0.2) is 9.78 Å². The predicted octanol–water partition coefficient (Wildman–Crippen LogP) is 5.62. The number of benzene rings is 2. The molecule has 164 valence electrons. The number of likely N-dealkylation sites (tertiary alicyclic amines) is 1. The highest BCUT2D eigenvalue weighted by Crippen LogP contribution is 2.37. The van der Waals surface area contributed by atoms with Crippen LogP contribution >= 0.6 is 11.3 Å². The summed E-state index contributed by atoms with van der Waals surface area (Å²) < 4.78 is 48.5. The molecule has 1 fully saturated rings. The molecule has 4 rings (SSSR count). The van der Waals surface area contributed by atoms with Gasteiger partial charge in [0.25, 0.3) is 0 Å². The number of methoxy groups -OCH3 is 1. The molecular formula is C21H20F3N3O3S. The van der Waals surface area contributed by atoms with E-state index in [1.54, 1.807) is 22.3 Å². The number of para-hydroxylation sites is 1. The van der Waals surface area contributed by atoms with Crippen LogP contribution in [0.3, 0.4) is 0 Å². The molecule has 1 unspecified atom stereocenters. The van der Waals surface area contributed by atoms with Crippen molar-refractivity contribution in [2.45, 2.75) is 25.1 Å². The number of hydrogen-bond donors (Lipinski definition) is 1. The van der Waals surface area contributed by atoms with Crippen LogP contribution in [0.2, 0.25) is 0 Å². The Kier molecular flexibility index (Phi) is 5.90. The zero-order valence-corrected chi connectivity index (χ0v) is 17.4. The number of fused-ring (bicyclic) bond motifs is 1. The zero-order valence-electron chi connectivity index (χ0n) is 16.6. The van der Waals surface area contributed by atoms with Crippen LogP contribution in [0.4, 0.5) is 23.7 Å². The molecule has 0 bridgehead atoms. The Labute approximate surface area is 180 Å². The van der Waals surface area contributed by atoms with Crippen molar-refractivity contribution in [2.75, 3.05) is 25.6 Å². The fourth-order valence-electron chi connectivity index (χ4n) is 3.52. The second-order valence-electron chi connectivity index (χ2n) is 7.07. The summed E-state index contributed by atoms with van der Waals surface area (Å²) in [6.07, 6.45) is -2.84. The zero-order chi connectivity index (χ0) is 22.0. The van der Waals surface area contributed by atoms with Crippen molar-refractivity contribution in [1.82, 2.24) is 9.88 Å². The van der Waals surface area contributed by atoms with Crippen molar-refractivity contribution >= 4 is 33.3 Å². The lowest BCUT2D eigenvalue weighted by Crippen LogP contribution is -2.34. The van der Waals surface area contributed by atoms with Crippen LogP contribution in [0.15, 0.2) is 42.5 Å². The Balaban J connectivity index is 1.50. The number of carbonyl (C=O) groups is 1. The van der Waals surface area contributed by atoms with Crippen LogP contribution < -0.4 is 14.8 Å². The monoisotopic (exact) mass is 451 g/mol. The quantitative estimate of drug-likeness (QED) is 0.547. The van der Waals surface area contributed by atoms with Crippen LogP contribution in [0.5, 0.6) is 11.5 Å². The van der Waals surface area contributed by atoms with Crippen LogP contribution in [-0.2, 0) is 0 Å². The Morgan fingerprint density at radius 1 is 1.26 bits per heavy atom. The second-order valence-corrected chi connectivity index (χ2v) is 8.13. The van der Waals surface area contributed by atoms with Gasteiger partial charge in [0.05, 0.1) is 23.4 Å². The van der Waals surface area contributed by atoms with E-state index in [-0.39, 0.29) is 23.6 Å². The molecule has 1 aliphatic rings. The van der Waals surface area contributed by atoms with Crippen LogP contribution in [0, 0.1) is 0 Å². The number of ether oxygens (including phenoxy) is 2. The minimum Gasteiger partial charge on any atom is -0.493 e. The van der Waals surface area contributed by atoms with Crippen molar-refractivity contribution in [2.24, 2.45) is 0 Å². The lowest BCUT2D eigenvalue weighted by Gasteiger charge is -2.23. The third-order valence-corrected chi connectivity index (χ3v) is 6.05. The van der Waals surface area contributed by atoms with Crippen molar-refractivity contribution in [1.29, 1.82) is 0 Å². The molecular weight excluding hydrogens is 431 g/mol. The van der Waals surface area contributed by atoms with E-state index in [0.717, 1.165) is 28.1 Å². The van der Waals surface area contributed by atoms with Gasteiger partial charge in [0.1, 0.15) is 5.01 Å². The number of thiazole rings is 1. The molecule has 0 saturated carbocycles. The van der Waals surface area contributed by atoms with Gasteiger partial charge in [0, 0.05) is 18.3 Å². The number of aromatic nitrogens is 1. The Bertz CT molecular complexity index is 1050. The summed E-state index contributed by atoms with van der Waals surface area (Å²) in [6.45, 7) is -0.882. The highest BCUT2D eigenvalue weighted by Gasteiger charge is 2.33. The van der Waals surface area contributed by atoms with E-state index in [4.69, 9.17) is 9.47 Å². The molecule has 1 aliphatic heterocycles. The highest BCUT2D eigenvalue weighted by molar-refractivity contribution is 7.18. The van der Waals surface area contributed by atoms with Gasteiger partial charge in [-0.1, -0.05) is 12.1 Å². The fraction of sp³-hybridized carbons (Fsp3) is 0.333. The molecule has 2 amide bonds. The smallest absolute Gasteiger partial charge is 0.422 e. The van der Waals surface area contributed by atoms with Crippen molar-refractivity contribution in [3.05, 3.63) is 47.5 Å². The van der Waals surface area contributed by atoms with Gasteiger partial charge in [-0.2, -0.15) is 13.2 Å². The number of urea groups is 1. The number of anilines is 1. The van der Waals surface area contributed by atoms with Gasteiger partial charge in [0.2, 0.25) is 0 Å². The summed E-state index contributed by atoms with van der Waals surface area (Å²) in [6, 6.07) is 11.7. The number of alkyl halides is 3. The van der Waals surface area contributed by atoms with E-state index in [2.05, 4.69) is 10.3 Å². The first kappa shape index (κ1) is 21.2. The summed E-state index contributed by atoms with van der Waals surface area (Å²) in [5.41, 5.74) is 1.22. The van der Waals surface area contributed by atoms with E-state index in [9.17, 15) is 18.0 Å². The van der Waals surface area contributed by atoms with Gasteiger partial charge in [-0.05, 0) is 37.1 Å². The van der Waals surface area contributed by atoms with Crippen LogP contribution in [-0.4, -0.2) is 42.4 Å². The van der Waals surface area contributed by atoms with Gasteiger partial charge in [-0.15, -0.1) is 11.3 Å². The maximum absolute atomic E-state index is 12.9. The van der Waals surface area contributed by atoms with E-state index in [1.165, 1.54) is 19.2 Å². The molecule has 0 aliphatic carbocycles. The topological polar surface area (TPSA) is 63.7 Å². The molecule has 1 aromatic heterocycles. The molecule has 3 aromatic rings. The van der Waals surface area contributed by atoms with Crippen molar-refractivity contribution in [3.63, 3.8) is 0 Å². The first-order valence-corrected chi connectivity index (χ1v) is 10.5. The number of rotatable bonds is 5. The second kappa shape index (κ2) is 8.62. The maximum atomic E-state index is 12.9. The van der Waals surface area contributed by atoms with E-state index in [1.807, 2.05) is 24.3 Å². The summed E-state index contributed by atoms with van der Waals surface area (Å²) >= 11 is 1.56. The molecule has 1 atom stereocenters. The normalized spacial score (nSPS) is 16.5. The number of hydrogen-bond acceptors (Lipinski definition) is 5. The van der Waals surface area contributed by atoms with Gasteiger partial charge in [0.15, 0.2) is 18.1 Å². The number of amides is 2. The summed E-state index contributed by atoms with van der Waals surface area (Å²) in [4.78, 5) is 19.3. The van der Waals surface area contributed by atoms with E-state index in [0.29, 0.717) is 12.2 Å². The largest absolute Gasteiger partial charge is 0.493 e.